The van der Waals surface area contributed by atoms with E-state index in [1.165, 1.54) is 12.0 Å². The van der Waals surface area contributed by atoms with E-state index in [4.69, 9.17) is 0 Å². The fourth-order valence-electron chi connectivity index (χ4n) is 3.96. The molecule has 5 nitrogen and oxygen atoms in total. The molecule has 1 saturated carbocycles. The molecule has 1 saturated heterocycles. The number of carbonyl (C=O) groups excluding carboxylic acids is 2. The van der Waals surface area contributed by atoms with Crippen LogP contribution >= 0.6 is 0 Å². The van der Waals surface area contributed by atoms with Crippen molar-refractivity contribution in [3.8, 4) is 0 Å². The molecule has 0 spiro atoms. The number of hydrogen-bond acceptors (Lipinski definition) is 4. The predicted molar refractivity (Wildman–Crippen MR) is 136 cm³/mol. The number of Topliss-reactive ketones (excluding diaryl/α,β-unsaturated/α-hetero) is 1. The first-order chi connectivity index (χ1) is 15.8. The number of ketones is 1. The van der Waals surface area contributed by atoms with Crippen molar-refractivity contribution in [3.63, 3.8) is 0 Å². The zero-order chi connectivity index (χ0) is 24.4. The molecule has 1 aliphatic carbocycles. The van der Waals surface area contributed by atoms with Gasteiger partial charge >= 0.3 is 0 Å². The minimum atomic E-state index is -0.232. The van der Waals surface area contributed by atoms with Crippen LogP contribution in [0.2, 0.25) is 0 Å². The van der Waals surface area contributed by atoms with Gasteiger partial charge in [-0.15, -0.1) is 0 Å². The Kier molecular flexibility index (Phi) is 10.1. The normalized spacial score (nSPS) is 17.6. The lowest BCUT2D eigenvalue weighted by molar-refractivity contribution is -0.122. The summed E-state index contributed by atoms with van der Waals surface area (Å²) >= 11 is 0. The van der Waals surface area contributed by atoms with E-state index in [9.17, 15) is 9.59 Å². The third kappa shape index (κ3) is 7.69. The van der Waals surface area contributed by atoms with Gasteiger partial charge in [-0.1, -0.05) is 57.5 Å². The Morgan fingerprint density at radius 1 is 1.03 bits per heavy atom. The highest BCUT2D eigenvalue weighted by molar-refractivity contribution is 5.94. The smallest absolute Gasteiger partial charge is 0.255 e. The van der Waals surface area contributed by atoms with Crippen LogP contribution in [-0.2, 0) is 10.3 Å². The van der Waals surface area contributed by atoms with Crippen molar-refractivity contribution in [2.75, 3.05) is 18.4 Å². The molecule has 1 aromatic heterocycles. The first-order valence-electron chi connectivity index (χ1n) is 12.4. The molecule has 2 aromatic rings. The maximum Gasteiger partial charge on any atom is 0.255 e. The molecule has 180 valence electrons. The summed E-state index contributed by atoms with van der Waals surface area (Å²) in [6.45, 7) is 13.8. The highest BCUT2D eigenvalue weighted by atomic mass is 16.2. The molecule has 5 heteroatoms. The molecule has 4 rings (SSSR count). The van der Waals surface area contributed by atoms with Gasteiger partial charge in [-0.05, 0) is 63.6 Å². The van der Waals surface area contributed by atoms with E-state index in [1.807, 2.05) is 49.1 Å². The summed E-state index contributed by atoms with van der Waals surface area (Å²) in [6.07, 6.45) is 6.33. The maximum atomic E-state index is 12.5. The molecule has 33 heavy (non-hydrogen) atoms. The average Bonchev–Trinajstić information content (AvgIpc) is 3.21. The lowest BCUT2D eigenvalue weighted by Gasteiger charge is -2.27. The van der Waals surface area contributed by atoms with Crippen molar-refractivity contribution in [2.45, 2.75) is 72.8 Å². The van der Waals surface area contributed by atoms with Crippen LogP contribution in [0.5, 0.6) is 0 Å². The predicted octanol–water partition coefficient (Wildman–Crippen LogP) is 6.31. The van der Waals surface area contributed by atoms with Crippen molar-refractivity contribution < 1.29 is 9.59 Å². The molecule has 0 bridgehead atoms. The molecule has 1 unspecified atom stereocenters. The topological polar surface area (TPSA) is 62.3 Å². The van der Waals surface area contributed by atoms with Crippen molar-refractivity contribution in [3.05, 3.63) is 59.8 Å². The number of aromatic nitrogens is 1. The Bertz CT molecular complexity index is 874. The number of pyridine rings is 1. The summed E-state index contributed by atoms with van der Waals surface area (Å²) in [4.78, 5) is 29.3. The van der Waals surface area contributed by atoms with E-state index in [1.54, 1.807) is 13.1 Å². The molecular weight excluding hydrogens is 410 g/mol. The van der Waals surface area contributed by atoms with Gasteiger partial charge in [0, 0.05) is 25.2 Å². The van der Waals surface area contributed by atoms with Gasteiger partial charge in [-0.3, -0.25) is 9.59 Å². The van der Waals surface area contributed by atoms with E-state index in [-0.39, 0.29) is 11.4 Å². The van der Waals surface area contributed by atoms with Crippen LogP contribution in [0.1, 0.15) is 83.1 Å². The van der Waals surface area contributed by atoms with Crippen LogP contribution in [0.15, 0.2) is 48.7 Å². The number of benzene rings is 1. The standard InChI is InChI=1S/C20H25N3O.C6H10O.C2H6/c1-15-11-12-23(14-15)19(24)16-9-10-18(21-13-16)22-20(2,3)17-7-5-4-6-8-17;1-5(7)6-3-2-4-6;1-2/h4-10,13,15H,11-12,14H2,1-3H3,(H,21,22);6H,2-4H2,1H3;1-2H3. The molecular formula is C28H41N3O2. The molecule has 1 aromatic carbocycles. The van der Waals surface area contributed by atoms with Gasteiger partial charge in [-0.2, -0.15) is 0 Å². The number of hydrogen-bond donors (Lipinski definition) is 1. The monoisotopic (exact) mass is 451 g/mol. The molecule has 2 fully saturated rings. The summed E-state index contributed by atoms with van der Waals surface area (Å²) in [7, 11) is 0. The second-order valence-corrected chi connectivity index (χ2v) is 9.43. The molecule has 0 radical (unpaired) electrons. The largest absolute Gasteiger partial charge is 0.361 e. The number of rotatable bonds is 5. The Labute approximate surface area is 200 Å². The van der Waals surface area contributed by atoms with Gasteiger partial charge in [0.15, 0.2) is 0 Å². The van der Waals surface area contributed by atoms with E-state index >= 15 is 0 Å². The van der Waals surface area contributed by atoms with Gasteiger partial charge < -0.3 is 10.2 Å². The van der Waals surface area contributed by atoms with Crippen molar-refractivity contribution in [2.24, 2.45) is 11.8 Å². The zero-order valence-electron chi connectivity index (χ0n) is 21.2. The molecule has 2 aliphatic rings. The summed E-state index contributed by atoms with van der Waals surface area (Å²) in [5, 5.41) is 3.44. The van der Waals surface area contributed by atoms with Crippen LogP contribution in [0.4, 0.5) is 5.82 Å². The summed E-state index contributed by atoms with van der Waals surface area (Å²) in [5.41, 5.74) is 1.62. The number of likely N-dealkylation sites (tertiary alicyclic amines) is 1. The lowest BCUT2D eigenvalue weighted by Crippen LogP contribution is -2.29. The van der Waals surface area contributed by atoms with Crippen LogP contribution in [-0.4, -0.2) is 34.7 Å². The Morgan fingerprint density at radius 3 is 2.12 bits per heavy atom. The third-order valence-electron chi connectivity index (χ3n) is 6.34. The molecule has 1 atom stereocenters. The second kappa shape index (κ2) is 12.5. The quantitative estimate of drug-likeness (QED) is 0.578. The highest BCUT2D eigenvalue weighted by Crippen LogP contribution is 2.26. The van der Waals surface area contributed by atoms with Gasteiger partial charge in [0.25, 0.3) is 5.91 Å². The molecule has 1 aliphatic heterocycles. The van der Waals surface area contributed by atoms with Crippen LogP contribution in [0.3, 0.4) is 0 Å². The number of carbonyl (C=O) groups is 2. The average molecular weight is 452 g/mol. The van der Waals surface area contributed by atoms with Crippen LogP contribution in [0.25, 0.3) is 0 Å². The second-order valence-electron chi connectivity index (χ2n) is 9.43. The van der Waals surface area contributed by atoms with Gasteiger partial charge in [0.1, 0.15) is 11.6 Å². The lowest BCUT2D eigenvalue weighted by atomic mass is 9.83. The van der Waals surface area contributed by atoms with Gasteiger partial charge in [0.05, 0.1) is 11.1 Å². The minimum absolute atomic E-state index is 0.0840. The van der Waals surface area contributed by atoms with Crippen LogP contribution in [0, 0.1) is 11.8 Å². The molecule has 1 amide bonds. The van der Waals surface area contributed by atoms with E-state index in [0.717, 1.165) is 38.2 Å². The summed E-state index contributed by atoms with van der Waals surface area (Å²) < 4.78 is 0. The van der Waals surface area contributed by atoms with E-state index in [2.05, 4.69) is 43.2 Å². The zero-order valence-corrected chi connectivity index (χ0v) is 21.2. The fraction of sp³-hybridized carbons (Fsp3) is 0.536. The van der Waals surface area contributed by atoms with E-state index < -0.39 is 0 Å². The van der Waals surface area contributed by atoms with Crippen molar-refractivity contribution in [1.29, 1.82) is 0 Å². The Morgan fingerprint density at radius 2 is 1.70 bits per heavy atom. The van der Waals surface area contributed by atoms with Gasteiger partial charge in [0.2, 0.25) is 0 Å². The highest BCUT2D eigenvalue weighted by Gasteiger charge is 2.25. The van der Waals surface area contributed by atoms with Crippen molar-refractivity contribution >= 4 is 17.5 Å². The summed E-state index contributed by atoms with van der Waals surface area (Å²) in [6, 6.07) is 14.0. The number of nitrogens with zero attached hydrogens (tertiary/aromatic N) is 2. The Balaban J connectivity index is 0.000000362. The first-order valence-corrected chi connectivity index (χ1v) is 12.4. The molecule has 2 heterocycles. The number of anilines is 1. The van der Waals surface area contributed by atoms with E-state index in [0.29, 0.717) is 23.2 Å². The molecule has 1 N–H and O–H groups in total. The fourth-order valence-corrected chi connectivity index (χ4v) is 3.96. The summed E-state index contributed by atoms with van der Waals surface area (Å²) in [5.74, 6) is 2.27. The third-order valence-corrected chi connectivity index (χ3v) is 6.34. The number of nitrogens with one attached hydrogen (secondary N) is 1. The Hall–Kier alpha value is -2.69. The van der Waals surface area contributed by atoms with Crippen molar-refractivity contribution in [1.82, 2.24) is 9.88 Å². The first kappa shape index (κ1) is 26.6. The SMILES string of the molecule is CC.CC(=O)C1CCC1.CC1CCN(C(=O)c2ccc(NC(C)(C)c3ccccc3)nc2)C1. The number of amides is 1. The minimum Gasteiger partial charge on any atom is -0.361 e. The maximum absolute atomic E-state index is 12.5. The van der Waals surface area contributed by atoms with Gasteiger partial charge in [-0.25, -0.2) is 4.98 Å². The van der Waals surface area contributed by atoms with Crippen LogP contribution < -0.4 is 5.32 Å².